The molecule has 0 bridgehead atoms. The zero-order valence-corrected chi connectivity index (χ0v) is 15.9. The molecule has 0 fully saturated rings. The van der Waals surface area contributed by atoms with Crippen molar-refractivity contribution in [1.29, 1.82) is 0 Å². The van der Waals surface area contributed by atoms with E-state index in [9.17, 15) is 4.39 Å². The van der Waals surface area contributed by atoms with Crippen molar-refractivity contribution in [3.8, 4) is 11.1 Å². The number of rotatable bonds is 4. The molecule has 8 heteroatoms. The molecule has 0 aliphatic carbocycles. The molecule has 144 valence electrons. The van der Waals surface area contributed by atoms with Crippen LogP contribution in [0.2, 0.25) is 0 Å². The van der Waals surface area contributed by atoms with Crippen LogP contribution in [-0.2, 0) is 0 Å². The van der Waals surface area contributed by atoms with Gasteiger partial charge in [0.15, 0.2) is 5.82 Å². The summed E-state index contributed by atoms with van der Waals surface area (Å²) in [6.45, 7) is 10.8. The number of aromatic nitrogens is 4. The maximum atomic E-state index is 14.9. The Morgan fingerprint density at radius 1 is 1.24 bits per heavy atom. The number of pyridine rings is 2. The van der Waals surface area contributed by atoms with E-state index in [0.29, 0.717) is 28.0 Å². The second-order valence-electron chi connectivity index (χ2n) is 6.73. The Morgan fingerprint density at radius 2 is 2.07 bits per heavy atom. The lowest BCUT2D eigenvalue weighted by Crippen LogP contribution is -2.00. The average Bonchev–Trinajstić information content (AvgIpc) is 3.19. The first-order valence-corrected chi connectivity index (χ1v) is 8.94. The van der Waals surface area contributed by atoms with Crippen molar-refractivity contribution >= 4 is 28.0 Å². The molecule has 1 aromatic carbocycles. The van der Waals surface area contributed by atoms with E-state index in [1.807, 2.05) is 13.0 Å². The number of halogens is 1. The lowest BCUT2D eigenvalue weighted by Gasteiger charge is -2.12. The minimum absolute atomic E-state index is 0.0542. The maximum Gasteiger partial charge on any atom is 0.313 e. The van der Waals surface area contributed by atoms with Gasteiger partial charge in [-0.3, -0.25) is 9.83 Å². The zero-order chi connectivity index (χ0) is 20.5. The summed E-state index contributed by atoms with van der Waals surface area (Å²) in [5.41, 5.74) is 8.82. The van der Waals surface area contributed by atoms with Gasteiger partial charge < -0.3 is 11.1 Å². The molecule has 0 spiro atoms. The van der Waals surface area contributed by atoms with Crippen molar-refractivity contribution in [3.63, 3.8) is 0 Å². The molecular formula is C21H18FN7. The van der Waals surface area contributed by atoms with Crippen LogP contribution < -0.4 is 11.1 Å². The number of nitrogen functional groups attached to an aromatic ring is 1. The molecule has 0 radical (unpaired) electrons. The first-order valence-electron chi connectivity index (χ1n) is 8.94. The summed E-state index contributed by atoms with van der Waals surface area (Å²) in [7, 11) is 0. The van der Waals surface area contributed by atoms with E-state index in [-0.39, 0.29) is 11.9 Å². The number of hydrogen-bond donors (Lipinski definition) is 2. The van der Waals surface area contributed by atoms with E-state index >= 15 is 0 Å². The van der Waals surface area contributed by atoms with Gasteiger partial charge in [-0.25, -0.2) is 15.9 Å². The summed E-state index contributed by atoms with van der Waals surface area (Å²) in [5, 5.41) is 8.62. The number of fused-ring (bicyclic) bond motifs is 1. The largest absolute Gasteiger partial charge is 0.396 e. The van der Waals surface area contributed by atoms with Crippen LogP contribution in [0.15, 0.2) is 49.2 Å². The molecule has 3 N–H and O–H groups in total. The third kappa shape index (κ3) is 3.34. The third-order valence-corrected chi connectivity index (χ3v) is 4.77. The predicted octanol–water partition coefficient (Wildman–Crippen LogP) is 4.70. The minimum atomic E-state index is -0.481. The number of nitrogens with one attached hydrogen (secondary N) is 1. The molecule has 0 aliphatic heterocycles. The van der Waals surface area contributed by atoms with Crippen molar-refractivity contribution < 1.29 is 4.39 Å². The molecule has 0 aliphatic rings. The summed E-state index contributed by atoms with van der Waals surface area (Å²) in [6.07, 6.45) is 7.81. The maximum absolute atomic E-state index is 14.9. The quantitative estimate of drug-likeness (QED) is 0.391. The topological polar surface area (TPSA) is 86.0 Å². The van der Waals surface area contributed by atoms with E-state index in [1.165, 1.54) is 0 Å². The van der Waals surface area contributed by atoms with Gasteiger partial charge >= 0.3 is 6.17 Å². The summed E-state index contributed by atoms with van der Waals surface area (Å²) in [5.74, 6) is 0.0814. The number of nitrogens with two attached hydrogens (primary N) is 1. The Hall–Kier alpha value is -3.99. The standard InChI is InChI=1S/C21H18FN7/c1-12-4-5-25-9-17(12)16-6-14-7-19(26-10-18(14)21(23)20(16)22)28-15-8-27-29(11-15)13(2)24-3/h4-11,13H,23H2,1-2H3,(H,26,28)/t13-/m1/s1. The Balaban J connectivity index is 1.75. The molecule has 1 atom stereocenters. The zero-order valence-electron chi connectivity index (χ0n) is 15.9. The molecule has 0 unspecified atom stereocenters. The van der Waals surface area contributed by atoms with Crippen LogP contribution in [0.4, 0.5) is 21.6 Å². The van der Waals surface area contributed by atoms with Gasteiger partial charge in [-0.15, -0.1) is 0 Å². The third-order valence-electron chi connectivity index (χ3n) is 4.77. The number of hydrogen-bond acceptors (Lipinski definition) is 5. The Kier molecular flexibility index (Phi) is 4.56. The van der Waals surface area contributed by atoms with Gasteiger partial charge in [-0.2, -0.15) is 9.78 Å². The fraction of sp³-hybridized carbons (Fsp3) is 0.143. The van der Waals surface area contributed by atoms with E-state index in [0.717, 1.165) is 10.9 Å². The predicted molar refractivity (Wildman–Crippen MR) is 111 cm³/mol. The van der Waals surface area contributed by atoms with Crippen LogP contribution in [0.5, 0.6) is 0 Å². The average molecular weight is 387 g/mol. The molecule has 4 rings (SSSR count). The Morgan fingerprint density at radius 3 is 2.83 bits per heavy atom. The highest BCUT2D eigenvalue weighted by Gasteiger charge is 2.16. The molecule has 3 heterocycles. The van der Waals surface area contributed by atoms with Crippen LogP contribution >= 0.6 is 0 Å². The number of nitrogens with zero attached hydrogens (tertiary/aromatic N) is 5. The molecular weight excluding hydrogens is 369 g/mol. The van der Waals surface area contributed by atoms with Crippen LogP contribution in [0.1, 0.15) is 18.7 Å². The summed E-state index contributed by atoms with van der Waals surface area (Å²) >= 11 is 0. The number of anilines is 3. The SMILES string of the molecule is [C-]#[N+][C@@H](C)n1cc(Nc2cc3cc(-c4cnccc4C)c(F)c(N)c3cn2)cn1. The van der Waals surface area contributed by atoms with E-state index < -0.39 is 5.82 Å². The molecule has 4 aromatic rings. The van der Waals surface area contributed by atoms with Crippen molar-refractivity contribution in [2.24, 2.45) is 0 Å². The van der Waals surface area contributed by atoms with Gasteiger partial charge in [0.05, 0.1) is 23.8 Å². The number of benzene rings is 1. The normalized spacial score (nSPS) is 11.9. The van der Waals surface area contributed by atoms with Crippen LogP contribution in [0.25, 0.3) is 26.7 Å². The highest BCUT2D eigenvalue weighted by atomic mass is 19.1. The van der Waals surface area contributed by atoms with E-state index in [4.69, 9.17) is 12.3 Å². The molecule has 3 aromatic heterocycles. The highest BCUT2D eigenvalue weighted by Crippen LogP contribution is 2.35. The van der Waals surface area contributed by atoms with Gasteiger partial charge in [0.1, 0.15) is 5.82 Å². The first kappa shape index (κ1) is 18.4. The smallest absolute Gasteiger partial charge is 0.313 e. The van der Waals surface area contributed by atoms with E-state index in [1.54, 1.807) is 54.7 Å². The monoisotopic (exact) mass is 387 g/mol. The van der Waals surface area contributed by atoms with Crippen LogP contribution in [0, 0.1) is 19.3 Å². The molecule has 7 nitrogen and oxygen atoms in total. The molecule has 0 saturated heterocycles. The highest BCUT2D eigenvalue weighted by molar-refractivity contribution is 5.98. The van der Waals surface area contributed by atoms with Crippen molar-refractivity contribution in [2.45, 2.75) is 20.0 Å². The van der Waals surface area contributed by atoms with Crippen molar-refractivity contribution in [3.05, 3.63) is 72.0 Å². The Bertz CT molecular complexity index is 1260. The van der Waals surface area contributed by atoms with Gasteiger partial charge in [-0.05, 0) is 36.1 Å². The lowest BCUT2D eigenvalue weighted by atomic mass is 9.98. The minimum Gasteiger partial charge on any atom is -0.396 e. The van der Waals surface area contributed by atoms with Gasteiger partial charge in [0, 0.05) is 42.0 Å². The van der Waals surface area contributed by atoms with Gasteiger partial charge in [-0.1, -0.05) is 0 Å². The fourth-order valence-corrected chi connectivity index (χ4v) is 3.12. The lowest BCUT2D eigenvalue weighted by molar-refractivity contribution is 0.577. The number of aryl methyl sites for hydroxylation is 1. The first-order chi connectivity index (χ1) is 14.0. The van der Waals surface area contributed by atoms with Crippen LogP contribution in [-0.4, -0.2) is 19.7 Å². The van der Waals surface area contributed by atoms with Crippen molar-refractivity contribution in [1.82, 2.24) is 19.7 Å². The summed E-state index contributed by atoms with van der Waals surface area (Å²) < 4.78 is 16.5. The van der Waals surface area contributed by atoms with Gasteiger partial charge in [0.2, 0.25) is 0 Å². The molecule has 0 amide bonds. The second kappa shape index (κ2) is 7.20. The van der Waals surface area contributed by atoms with Gasteiger partial charge in [0.25, 0.3) is 0 Å². The fourth-order valence-electron chi connectivity index (χ4n) is 3.12. The molecule has 29 heavy (non-hydrogen) atoms. The van der Waals surface area contributed by atoms with Crippen molar-refractivity contribution in [2.75, 3.05) is 11.1 Å². The van der Waals surface area contributed by atoms with Crippen LogP contribution in [0.3, 0.4) is 0 Å². The summed E-state index contributed by atoms with van der Waals surface area (Å²) in [4.78, 5) is 11.9. The summed E-state index contributed by atoms with van der Waals surface area (Å²) in [6, 6.07) is 5.38. The second-order valence-corrected chi connectivity index (χ2v) is 6.73. The molecule has 0 saturated carbocycles. The Labute approximate surface area is 166 Å². The van der Waals surface area contributed by atoms with E-state index in [2.05, 4.69) is 25.2 Å².